The lowest BCUT2D eigenvalue weighted by Crippen LogP contribution is -2.31. The van der Waals surface area contributed by atoms with Crippen LogP contribution >= 0.6 is 15.9 Å². The van der Waals surface area contributed by atoms with E-state index in [9.17, 15) is 10.2 Å². The van der Waals surface area contributed by atoms with Crippen molar-refractivity contribution in [3.8, 4) is 11.5 Å². The van der Waals surface area contributed by atoms with Crippen LogP contribution in [0, 0.1) is 5.92 Å². The molecule has 0 aliphatic heterocycles. The van der Waals surface area contributed by atoms with Crippen LogP contribution in [0.1, 0.15) is 38.8 Å². The third-order valence-electron chi connectivity index (χ3n) is 3.33. The fourth-order valence-electron chi connectivity index (χ4n) is 1.84. The van der Waals surface area contributed by atoms with Crippen LogP contribution in [0.3, 0.4) is 0 Å². The summed E-state index contributed by atoms with van der Waals surface area (Å²) in [5.41, 5.74) is 6.83. The smallest absolute Gasteiger partial charge is 0.172 e. The van der Waals surface area contributed by atoms with Gasteiger partial charge in [0.25, 0.3) is 0 Å². The molecule has 0 aliphatic rings. The maximum atomic E-state index is 10.2. The van der Waals surface area contributed by atoms with Crippen molar-refractivity contribution in [2.75, 3.05) is 6.61 Å². The Kier molecular flexibility index (Phi) is 6.10. The monoisotopic (exact) mass is 331 g/mol. The van der Waals surface area contributed by atoms with E-state index in [-0.39, 0.29) is 11.7 Å². The number of nitrogens with two attached hydrogens (primary N) is 1. The summed E-state index contributed by atoms with van der Waals surface area (Å²) in [7, 11) is 0. The van der Waals surface area contributed by atoms with Crippen molar-refractivity contribution in [1.29, 1.82) is 0 Å². The highest BCUT2D eigenvalue weighted by Crippen LogP contribution is 2.37. The highest BCUT2D eigenvalue weighted by atomic mass is 79.9. The van der Waals surface area contributed by atoms with Crippen LogP contribution in [0.25, 0.3) is 0 Å². The zero-order chi connectivity index (χ0) is 14.6. The number of phenols is 1. The molecule has 0 saturated carbocycles. The van der Waals surface area contributed by atoms with Gasteiger partial charge < -0.3 is 20.7 Å². The summed E-state index contributed by atoms with van der Waals surface area (Å²) >= 11 is 3.27. The first-order chi connectivity index (χ1) is 8.92. The van der Waals surface area contributed by atoms with Gasteiger partial charge in [0, 0.05) is 0 Å². The normalized spacial score (nSPS) is 15.9. The molecule has 1 rings (SSSR count). The maximum absolute atomic E-state index is 10.2. The molecule has 0 bridgehead atoms. The standard InChI is InChI=1S/C14H22BrNO3/c1-4-8(3)13(17)12(16)9-6-10(15)14(18)11(7-9)19-5-2/h6-8,12-13,17-18H,4-5,16H2,1-3H3/t8?,12-,13+/m1/s1. The van der Waals surface area contributed by atoms with Gasteiger partial charge in [0.15, 0.2) is 11.5 Å². The first-order valence-corrected chi connectivity index (χ1v) is 7.30. The van der Waals surface area contributed by atoms with E-state index >= 15 is 0 Å². The van der Waals surface area contributed by atoms with E-state index in [0.717, 1.165) is 12.0 Å². The summed E-state index contributed by atoms with van der Waals surface area (Å²) in [4.78, 5) is 0. The van der Waals surface area contributed by atoms with Gasteiger partial charge in [-0.15, -0.1) is 0 Å². The van der Waals surface area contributed by atoms with Gasteiger partial charge in [-0.1, -0.05) is 20.3 Å². The highest BCUT2D eigenvalue weighted by Gasteiger charge is 2.23. The first-order valence-electron chi connectivity index (χ1n) is 6.51. The van der Waals surface area contributed by atoms with Gasteiger partial charge in [-0.25, -0.2) is 0 Å². The van der Waals surface area contributed by atoms with E-state index in [0.29, 0.717) is 16.8 Å². The van der Waals surface area contributed by atoms with Crippen molar-refractivity contribution in [3.05, 3.63) is 22.2 Å². The van der Waals surface area contributed by atoms with E-state index in [4.69, 9.17) is 10.5 Å². The molecular weight excluding hydrogens is 310 g/mol. The lowest BCUT2D eigenvalue weighted by atomic mass is 9.91. The lowest BCUT2D eigenvalue weighted by Gasteiger charge is -2.25. The Morgan fingerprint density at radius 3 is 2.53 bits per heavy atom. The van der Waals surface area contributed by atoms with Gasteiger partial charge in [-0.2, -0.15) is 0 Å². The van der Waals surface area contributed by atoms with E-state index < -0.39 is 12.1 Å². The van der Waals surface area contributed by atoms with E-state index in [2.05, 4.69) is 15.9 Å². The van der Waals surface area contributed by atoms with Crippen molar-refractivity contribution in [2.24, 2.45) is 11.7 Å². The predicted octanol–water partition coefficient (Wildman–Crippen LogP) is 2.96. The average Bonchev–Trinajstić information content (AvgIpc) is 2.41. The van der Waals surface area contributed by atoms with Gasteiger partial charge in [-0.3, -0.25) is 0 Å². The molecule has 0 aliphatic carbocycles. The molecule has 108 valence electrons. The lowest BCUT2D eigenvalue weighted by molar-refractivity contribution is 0.0878. The number of hydrogen-bond acceptors (Lipinski definition) is 4. The van der Waals surface area contributed by atoms with Crippen LogP contribution in [0.5, 0.6) is 11.5 Å². The molecule has 0 aromatic heterocycles. The largest absolute Gasteiger partial charge is 0.503 e. The first kappa shape index (κ1) is 16.3. The highest BCUT2D eigenvalue weighted by molar-refractivity contribution is 9.10. The van der Waals surface area contributed by atoms with Crippen molar-refractivity contribution < 1.29 is 14.9 Å². The SMILES string of the molecule is CCOc1cc([C@@H](N)[C@@H](O)C(C)CC)cc(Br)c1O. The second-order valence-corrected chi connectivity index (χ2v) is 5.54. The molecule has 1 aromatic rings. The molecule has 0 radical (unpaired) electrons. The molecule has 1 aromatic carbocycles. The topological polar surface area (TPSA) is 75.7 Å². The second kappa shape index (κ2) is 7.12. The fraction of sp³-hybridized carbons (Fsp3) is 0.571. The minimum atomic E-state index is -0.629. The van der Waals surface area contributed by atoms with Gasteiger partial charge >= 0.3 is 0 Å². The molecule has 0 amide bonds. The van der Waals surface area contributed by atoms with Crippen LogP contribution in [0.15, 0.2) is 16.6 Å². The summed E-state index contributed by atoms with van der Waals surface area (Å²) < 4.78 is 5.87. The maximum Gasteiger partial charge on any atom is 0.172 e. The fourth-order valence-corrected chi connectivity index (χ4v) is 2.30. The quantitative estimate of drug-likeness (QED) is 0.749. The summed E-state index contributed by atoms with van der Waals surface area (Å²) in [5, 5.41) is 20.0. The summed E-state index contributed by atoms with van der Waals surface area (Å²) in [6.45, 7) is 6.27. The van der Waals surface area contributed by atoms with E-state index in [1.165, 1.54) is 0 Å². The molecular formula is C14H22BrNO3. The van der Waals surface area contributed by atoms with E-state index in [1.807, 2.05) is 20.8 Å². The minimum absolute atomic E-state index is 0.0517. The molecule has 0 heterocycles. The van der Waals surface area contributed by atoms with Crippen molar-refractivity contribution in [3.63, 3.8) is 0 Å². The summed E-state index contributed by atoms with van der Waals surface area (Å²) in [6, 6.07) is 2.89. The van der Waals surface area contributed by atoms with Crippen LogP contribution in [-0.4, -0.2) is 22.9 Å². The van der Waals surface area contributed by atoms with Gasteiger partial charge in [-0.05, 0) is 46.5 Å². The Hall–Kier alpha value is -0.780. The molecule has 0 fully saturated rings. The molecule has 4 nitrogen and oxygen atoms in total. The van der Waals surface area contributed by atoms with Crippen LogP contribution in [-0.2, 0) is 0 Å². The molecule has 5 heteroatoms. The number of aromatic hydroxyl groups is 1. The third kappa shape index (κ3) is 3.84. The van der Waals surface area contributed by atoms with Crippen LogP contribution in [0.4, 0.5) is 0 Å². The molecule has 3 atom stereocenters. The number of hydrogen-bond donors (Lipinski definition) is 3. The van der Waals surface area contributed by atoms with Gasteiger partial charge in [0.1, 0.15) is 0 Å². The Morgan fingerprint density at radius 1 is 1.37 bits per heavy atom. The molecule has 0 saturated heterocycles. The van der Waals surface area contributed by atoms with Gasteiger partial charge in [0.05, 0.1) is 23.2 Å². The molecule has 0 spiro atoms. The number of aliphatic hydroxyl groups excluding tert-OH is 1. The number of phenolic OH excluding ortho intramolecular Hbond substituents is 1. The summed E-state index contributed by atoms with van der Waals surface area (Å²) in [5.74, 6) is 0.535. The van der Waals surface area contributed by atoms with Crippen LogP contribution in [0.2, 0.25) is 0 Å². The summed E-state index contributed by atoms with van der Waals surface area (Å²) in [6.07, 6.45) is 0.225. The zero-order valence-electron chi connectivity index (χ0n) is 11.6. The number of rotatable bonds is 6. The zero-order valence-corrected chi connectivity index (χ0v) is 13.1. The average molecular weight is 332 g/mol. The van der Waals surface area contributed by atoms with Crippen molar-refractivity contribution >= 4 is 15.9 Å². The second-order valence-electron chi connectivity index (χ2n) is 4.68. The number of benzene rings is 1. The van der Waals surface area contributed by atoms with Crippen molar-refractivity contribution in [2.45, 2.75) is 39.3 Å². The minimum Gasteiger partial charge on any atom is -0.503 e. The molecule has 19 heavy (non-hydrogen) atoms. The number of halogens is 1. The number of aliphatic hydroxyl groups is 1. The van der Waals surface area contributed by atoms with Crippen LogP contribution < -0.4 is 10.5 Å². The number of ether oxygens (including phenoxy) is 1. The molecule has 4 N–H and O–H groups in total. The van der Waals surface area contributed by atoms with Gasteiger partial charge in [0.2, 0.25) is 0 Å². The Bertz CT molecular complexity index is 425. The molecule has 1 unspecified atom stereocenters. The Balaban J connectivity index is 3.06. The van der Waals surface area contributed by atoms with Crippen molar-refractivity contribution in [1.82, 2.24) is 0 Å². The van der Waals surface area contributed by atoms with E-state index in [1.54, 1.807) is 12.1 Å². The third-order valence-corrected chi connectivity index (χ3v) is 3.93. The Morgan fingerprint density at radius 2 is 2.00 bits per heavy atom. The Labute approximate surface area is 122 Å². The predicted molar refractivity (Wildman–Crippen MR) is 79.4 cm³/mol.